The molecule has 0 bridgehead atoms. The predicted molar refractivity (Wildman–Crippen MR) is 620 cm³/mol. The first-order valence-corrected chi connectivity index (χ1v) is 49.6. The van der Waals surface area contributed by atoms with Crippen molar-refractivity contribution in [2.45, 2.75) is 290 Å². The van der Waals surface area contributed by atoms with E-state index in [-0.39, 0.29) is 44.6 Å². The summed E-state index contributed by atoms with van der Waals surface area (Å²) in [5.74, 6) is 0. The Kier molecular flexibility index (Phi) is 48.5. The lowest BCUT2D eigenvalue weighted by Gasteiger charge is -2.12. The average Bonchev–Trinajstić information content (AvgIpc) is 1.56. The molecule has 0 saturated carbocycles. The van der Waals surface area contributed by atoms with Crippen LogP contribution < -0.4 is 0 Å². The highest BCUT2D eigenvalue weighted by Crippen LogP contribution is 2.52. The summed E-state index contributed by atoms with van der Waals surface area (Å²) < 4.78 is 9.87. The van der Waals surface area contributed by atoms with E-state index in [1.807, 2.05) is 166 Å². The summed E-state index contributed by atoms with van der Waals surface area (Å²) in [5, 5.41) is 22.2. The highest BCUT2D eigenvalue weighted by molar-refractivity contribution is 6.26. The molecule has 4 nitrogen and oxygen atoms in total. The standard InChI is InChI=1S/4C25H19N.12C2H6.6CH4/c1-2-26-22-13-11-16-7-3-6-10-19(16)24(22)25-21-15-17-8-4-5-9-18(17)20(21)12-14-23(25)26;1-2-26-22-14-8-7-13-20(22)24-21-15-16-9-3-4-10-17(16)23(21)18-11-5-6-12-19(18)25(24)26;1-2-26-23-10-6-5-9-20(23)25-22-15-18-13-16-7-3-4-8-17(16)14-21(18)19(22)11-12-24(25)26;1-2-26-23-10-6-5-9-20(23)25-22-15-21-17-8-4-3-7-16(17)11-12-18(21)19(22)13-14-24(25)26;12*1-2;;;;;;/h4*3-14H,2,15H2,1H3;12*1-2H3;6*1H4. The molecule has 4 heteroatoms. The summed E-state index contributed by atoms with van der Waals surface area (Å²) >= 11 is 0. The van der Waals surface area contributed by atoms with Crippen molar-refractivity contribution in [1.82, 2.24) is 18.3 Å². The second-order valence-corrected chi connectivity index (χ2v) is 29.0. The van der Waals surface area contributed by atoms with Crippen LogP contribution >= 0.6 is 0 Å². The zero-order valence-corrected chi connectivity index (χ0v) is 83.2. The number of aromatic nitrogens is 4. The van der Waals surface area contributed by atoms with Gasteiger partial charge >= 0.3 is 0 Å². The molecule has 16 aromatic carbocycles. The SMILES string of the molecule is C.C.C.C.C.C.CC.CC.CC.CC.CC.CC.CC.CC.CC.CC.CC.CC.CCn1c2ccc3c(c2c2c4ccccc4ccc21)Cc1ccccc1-3.CCn1c2ccccc2c2c3c(c4ccccc4c21)-c1ccccc1C3.CCn1c2ccccc2c2c3c(ccc21)-c1cc2ccccc2cc1C3.CCn1c2ccccc2c2c3c(ccc21)-c1ccc2ccccc2c1C3. The molecular weight excluding hydrogens is 1620 g/mol. The number of rotatable bonds is 4. The predicted octanol–water partition coefficient (Wildman–Crippen LogP) is 42.3. The van der Waals surface area contributed by atoms with Gasteiger partial charge in [-0.1, -0.05) is 453 Å². The average molecular weight is 1790 g/mol. The summed E-state index contributed by atoms with van der Waals surface area (Å²) in [7, 11) is 0. The smallest absolute Gasteiger partial charge is 0.0574 e. The summed E-state index contributed by atoms with van der Waals surface area (Å²) in [6.45, 7) is 60.9. The Bertz CT molecular complexity index is 7020. The quantitative estimate of drug-likeness (QED) is 0.167. The van der Waals surface area contributed by atoms with E-state index in [1.165, 1.54) is 219 Å². The van der Waals surface area contributed by atoms with Crippen molar-refractivity contribution in [3.05, 3.63) is 336 Å². The molecule has 0 amide bonds. The molecule has 4 aliphatic carbocycles. The first-order valence-electron chi connectivity index (χ1n) is 49.6. The van der Waals surface area contributed by atoms with Gasteiger partial charge in [0.2, 0.25) is 0 Å². The van der Waals surface area contributed by atoms with Crippen LogP contribution in [0.25, 0.3) is 175 Å². The molecule has 4 aromatic heterocycles. The summed E-state index contributed by atoms with van der Waals surface area (Å²) in [4.78, 5) is 0. The van der Waals surface area contributed by atoms with Crippen LogP contribution in [0.3, 0.4) is 0 Å². The Morgan fingerprint density at radius 1 is 0.179 bits per heavy atom. The van der Waals surface area contributed by atoms with Crippen LogP contribution in [-0.4, -0.2) is 18.3 Å². The van der Waals surface area contributed by atoms with Crippen molar-refractivity contribution in [1.29, 1.82) is 0 Å². The van der Waals surface area contributed by atoms with E-state index in [9.17, 15) is 0 Å². The first-order chi connectivity index (χ1) is 63.5. The monoisotopic (exact) mass is 1790 g/mol. The third kappa shape index (κ3) is 21.0. The fourth-order valence-corrected chi connectivity index (χ4v) is 19.7. The lowest BCUT2D eigenvalue weighted by molar-refractivity contribution is 0.827. The zero-order chi connectivity index (χ0) is 93.0. The van der Waals surface area contributed by atoms with E-state index in [1.54, 1.807) is 0 Å². The number of hydrogen-bond acceptors (Lipinski definition) is 0. The number of benzene rings is 16. The third-order valence-corrected chi connectivity index (χ3v) is 24.1. The Morgan fingerprint density at radius 2 is 0.478 bits per heavy atom. The Balaban J connectivity index is 0.000000421. The number of nitrogens with zero attached hydrogens (tertiary/aromatic N) is 4. The van der Waals surface area contributed by atoms with Crippen LogP contribution in [0.4, 0.5) is 0 Å². The second-order valence-electron chi connectivity index (χ2n) is 29.0. The van der Waals surface area contributed by atoms with Crippen LogP contribution in [0.1, 0.15) is 283 Å². The maximum absolute atomic E-state index is 2.50. The fourth-order valence-electron chi connectivity index (χ4n) is 19.7. The molecule has 4 heterocycles. The normalized spacial score (nSPS) is 10.5. The molecule has 0 atom stereocenters. The fraction of sp³-hybridized carbons (Fsp3) is 0.323. The van der Waals surface area contributed by atoms with E-state index >= 15 is 0 Å². The van der Waals surface area contributed by atoms with Crippen LogP contribution in [0.5, 0.6) is 0 Å². The minimum Gasteiger partial charge on any atom is -0.341 e. The van der Waals surface area contributed by atoms with E-state index in [0.29, 0.717) is 0 Å². The molecule has 4 aliphatic rings. The van der Waals surface area contributed by atoms with E-state index in [2.05, 4.69) is 337 Å². The highest BCUT2D eigenvalue weighted by atomic mass is 15.0. The van der Waals surface area contributed by atoms with Gasteiger partial charge in [-0.15, -0.1) is 0 Å². The zero-order valence-electron chi connectivity index (χ0n) is 83.2. The highest BCUT2D eigenvalue weighted by Gasteiger charge is 2.31. The van der Waals surface area contributed by atoms with Gasteiger partial charge in [-0.3, -0.25) is 0 Å². The molecular formula is C130H172N4. The molecule has 0 spiro atoms. The Labute approximate surface area is 813 Å². The van der Waals surface area contributed by atoms with Gasteiger partial charge in [-0.2, -0.15) is 0 Å². The first kappa shape index (κ1) is 116. The lowest BCUT2D eigenvalue weighted by atomic mass is 9.93. The van der Waals surface area contributed by atoms with Gasteiger partial charge < -0.3 is 18.3 Å². The van der Waals surface area contributed by atoms with Crippen molar-refractivity contribution < 1.29 is 0 Å². The summed E-state index contributed by atoms with van der Waals surface area (Å²) in [6.07, 6.45) is 4.13. The van der Waals surface area contributed by atoms with E-state index in [0.717, 1.165) is 51.9 Å². The van der Waals surface area contributed by atoms with Gasteiger partial charge in [0.05, 0.1) is 5.52 Å². The molecule has 0 N–H and O–H groups in total. The minimum atomic E-state index is 0. The maximum Gasteiger partial charge on any atom is 0.0574 e. The molecule has 0 radical (unpaired) electrons. The molecule has 0 fully saturated rings. The van der Waals surface area contributed by atoms with Crippen molar-refractivity contribution in [2.75, 3.05) is 0 Å². The van der Waals surface area contributed by atoms with Crippen molar-refractivity contribution in [3.8, 4) is 44.5 Å². The number of aryl methyl sites for hydroxylation is 4. The Morgan fingerprint density at radius 3 is 0.978 bits per heavy atom. The second kappa shape index (κ2) is 56.1. The van der Waals surface area contributed by atoms with E-state index in [4.69, 9.17) is 0 Å². The third-order valence-electron chi connectivity index (χ3n) is 24.1. The Hall–Kier alpha value is -12.2. The summed E-state index contributed by atoms with van der Waals surface area (Å²) in [6, 6.07) is 107. The van der Waals surface area contributed by atoms with Gasteiger partial charge in [-0.25, -0.2) is 0 Å². The van der Waals surface area contributed by atoms with Crippen LogP contribution in [0.15, 0.2) is 291 Å². The molecule has 134 heavy (non-hydrogen) atoms. The van der Waals surface area contributed by atoms with Crippen LogP contribution in [-0.2, 0) is 51.9 Å². The molecule has 24 rings (SSSR count). The minimum absolute atomic E-state index is 0. The van der Waals surface area contributed by atoms with Gasteiger partial charge in [0.1, 0.15) is 0 Å². The van der Waals surface area contributed by atoms with Gasteiger partial charge in [-0.05, 0) is 229 Å². The molecule has 0 unspecified atom stereocenters. The van der Waals surface area contributed by atoms with Crippen LogP contribution in [0.2, 0.25) is 0 Å². The van der Waals surface area contributed by atoms with Gasteiger partial charge in [0, 0.05) is 113 Å². The largest absolute Gasteiger partial charge is 0.341 e. The number of fused-ring (bicyclic) bond motifs is 36. The van der Waals surface area contributed by atoms with Crippen LogP contribution in [0, 0.1) is 0 Å². The topological polar surface area (TPSA) is 19.7 Å². The number of hydrogen-bond donors (Lipinski definition) is 0. The lowest BCUT2D eigenvalue weighted by Crippen LogP contribution is -1.95. The molecule has 712 valence electrons. The molecule has 20 aromatic rings. The van der Waals surface area contributed by atoms with E-state index < -0.39 is 0 Å². The van der Waals surface area contributed by atoms with Gasteiger partial charge in [0.25, 0.3) is 0 Å². The van der Waals surface area contributed by atoms with Crippen molar-refractivity contribution >= 4 is 130 Å². The number of para-hydroxylation sites is 3. The maximum atomic E-state index is 2.50. The van der Waals surface area contributed by atoms with Crippen molar-refractivity contribution in [2.24, 2.45) is 0 Å². The molecule has 0 saturated heterocycles. The van der Waals surface area contributed by atoms with Crippen molar-refractivity contribution in [3.63, 3.8) is 0 Å². The summed E-state index contributed by atoms with van der Waals surface area (Å²) in [5.41, 5.74) is 34.1. The van der Waals surface area contributed by atoms with Gasteiger partial charge in [0.15, 0.2) is 0 Å². The molecule has 0 aliphatic heterocycles.